The van der Waals surface area contributed by atoms with Gasteiger partial charge in [0.05, 0.1) is 13.7 Å². The van der Waals surface area contributed by atoms with Crippen LogP contribution in [0.5, 0.6) is 11.5 Å². The van der Waals surface area contributed by atoms with Crippen molar-refractivity contribution < 1.29 is 14.3 Å². The summed E-state index contributed by atoms with van der Waals surface area (Å²) in [6.45, 7) is 5.00. The minimum absolute atomic E-state index is 0.564. The molecule has 0 fully saturated rings. The molecule has 0 unspecified atom stereocenters. The van der Waals surface area contributed by atoms with Gasteiger partial charge in [0.25, 0.3) is 0 Å². The predicted molar refractivity (Wildman–Crippen MR) is 75.6 cm³/mol. The second-order valence-electron chi connectivity index (χ2n) is 4.53. The maximum absolute atomic E-state index is 10.9. The predicted octanol–water partition coefficient (Wildman–Crippen LogP) is 4.09. The van der Waals surface area contributed by atoms with Crippen molar-refractivity contribution in [3.8, 4) is 11.5 Å². The molecule has 18 heavy (non-hydrogen) atoms. The average Bonchev–Trinajstić information content (AvgIpc) is 2.35. The van der Waals surface area contributed by atoms with Gasteiger partial charge in [-0.15, -0.1) is 0 Å². The molecule has 0 aliphatic heterocycles. The van der Waals surface area contributed by atoms with Gasteiger partial charge < -0.3 is 9.47 Å². The lowest BCUT2D eigenvalue weighted by atomic mass is 10.1. The molecule has 1 rings (SSSR count). The first-order valence-electron chi connectivity index (χ1n) is 6.04. The third kappa shape index (κ3) is 4.33. The van der Waals surface area contributed by atoms with E-state index in [1.165, 1.54) is 0 Å². The molecular weight excluding hydrogens is 296 g/mol. The van der Waals surface area contributed by atoms with E-state index in [-0.39, 0.29) is 0 Å². The molecule has 0 aliphatic rings. The van der Waals surface area contributed by atoms with Crippen molar-refractivity contribution in [1.82, 2.24) is 0 Å². The van der Waals surface area contributed by atoms with Crippen LogP contribution in [0.25, 0.3) is 0 Å². The molecule has 0 aliphatic carbocycles. The van der Waals surface area contributed by atoms with Crippen LogP contribution in [0.3, 0.4) is 0 Å². The number of rotatable bonds is 7. The highest BCUT2D eigenvalue weighted by Gasteiger charge is 2.09. The van der Waals surface area contributed by atoms with Gasteiger partial charge in [0.1, 0.15) is 0 Å². The number of carbonyl (C=O) groups excluding carboxylic acids is 1. The zero-order valence-electron chi connectivity index (χ0n) is 11.0. The van der Waals surface area contributed by atoms with E-state index in [4.69, 9.17) is 9.47 Å². The molecule has 0 N–H and O–H groups in total. The van der Waals surface area contributed by atoms with Gasteiger partial charge in [-0.1, -0.05) is 13.8 Å². The van der Waals surface area contributed by atoms with Gasteiger partial charge in [0.2, 0.25) is 0 Å². The fourth-order valence-electron chi connectivity index (χ4n) is 1.59. The lowest BCUT2D eigenvalue weighted by Crippen LogP contribution is -2.02. The second kappa shape index (κ2) is 7.41. The molecule has 100 valence electrons. The Morgan fingerprint density at radius 3 is 2.61 bits per heavy atom. The maximum Gasteiger partial charge on any atom is 0.161 e. The lowest BCUT2D eigenvalue weighted by molar-refractivity contribution is 0.112. The van der Waals surface area contributed by atoms with Crippen LogP contribution in [-0.2, 0) is 0 Å². The smallest absolute Gasteiger partial charge is 0.161 e. The van der Waals surface area contributed by atoms with Crippen molar-refractivity contribution in [3.05, 3.63) is 22.2 Å². The van der Waals surface area contributed by atoms with Gasteiger partial charge in [0.15, 0.2) is 17.8 Å². The zero-order valence-corrected chi connectivity index (χ0v) is 12.6. The van der Waals surface area contributed by atoms with Crippen molar-refractivity contribution in [2.24, 2.45) is 5.92 Å². The monoisotopic (exact) mass is 314 g/mol. The molecule has 0 amide bonds. The fraction of sp³-hybridized carbons (Fsp3) is 0.500. The maximum atomic E-state index is 10.9. The van der Waals surface area contributed by atoms with Gasteiger partial charge >= 0.3 is 0 Å². The Kier molecular flexibility index (Phi) is 6.19. The summed E-state index contributed by atoms with van der Waals surface area (Å²) in [5.41, 5.74) is 0.564. The highest BCUT2D eigenvalue weighted by atomic mass is 79.9. The Bertz CT molecular complexity index is 402. The summed E-state index contributed by atoms with van der Waals surface area (Å²) in [6, 6.07) is 3.45. The van der Waals surface area contributed by atoms with Crippen LogP contribution < -0.4 is 9.47 Å². The molecule has 0 saturated carbocycles. The number of carbonyl (C=O) groups is 1. The van der Waals surface area contributed by atoms with Crippen LogP contribution in [0.4, 0.5) is 0 Å². The molecule has 3 nitrogen and oxygen atoms in total. The Balaban J connectivity index is 2.71. The number of ether oxygens (including phenoxy) is 2. The SMILES string of the molecule is COc1cc(Br)c(C=O)cc1OCCCC(C)C. The number of methoxy groups -OCH3 is 1. The number of halogens is 1. The molecule has 4 heteroatoms. The topological polar surface area (TPSA) is 35.5 Å². The first-order chi connectivity index (χ1) is 8.58. The van der Waals surface area contributed by atoms with Crippen molar-refractivity contribution in [3.63, 3.8) is 0 Å². The van der Waals surface area contributed by atoms with Crippen LogP contribution in [0.15, 0.2) is 16.6 Å². The molecule has 0 saturated heterocycles. The Hall–Kier alpha value is -1.03. The summed E-state index contributed by atoms with van der Waals surface area (Å²) in [5.74, 6) is 1.93. The summed E-state index contributed by atoms with van der Waals surface area (Å²) in [7, 11) is 1.59. The molecule has 0 atom stereocenters. The van der Waals surface area contributed by atoms with Crippen LogP contribution in [0, 0.1) is 5.92 Å². The second-order valence-corrected chi connectivity index (χ2v) is 5.38. The molecule has 0 bridgehead atoms. The van der Waals surface area contributed by atoms with E-state index in [0.717, 1.165) is 19.1 Å². The molecule has 0 spiro atoms. The molecule has 1 aromatic carbocycles. The number of aldehydes is 1. The van der Waals surface area contributed by atoms with E-state index >= 15 is 0 Å². The first-order valence-corrected chi connectivity index (χ1v) is 6.83. The van der Waals surface area contributed by atoms with Gasteiger partial charge in [-0.05, 0) is 46.8 Å². The van der Waals surface area contributed by atoms with Gasteiger partial charge in [0, 0.05) is 10.0 Å². The average molecular weight is 315 g/mol. The standard InChI is InChI=1S/C14H19BrO3/c1-10(2)5-4-6-18-14-7-11(9-16)12(15)8-13(14)17-3/h7-10H,4-6H2,1-3H3. The molecular formula is C14H19BrO3. The largest absolute Gasteiger partial charge is 0.493 e. The third-order valence-electron chi connectivity index (χ3n) is 2.59. The zero-order chi connectivity index (χ0) is 13.5. The molecule has 0 heterocycles. The van der Waals surface area contributed by atoms with Crippen LogP contribution in [0.1, 0.15) is 37.0 Å². The number of benzene rings is 1. The summed E-state index contributed by atoms with van der Waals surface area (Å²) in [6.07, 6.45) is 2.91. The first kappa shape index (κ1) is 15.0. The number of hydrogen-bond acceptors (Lipinski definition) is 3. The minimum atomic E-state index is 0.564. The van der Waals surface area contributed by atoms with Crippen molar-refractivity contribution in [1.29, 1.82) is 0 Å². The summed E-state index contributed by atoms with van der Waals surface area (Å²) >= 11 is 3.32. The lowest BCUT2D eigenvalue weighted by Gasteiger charge is -2.12. The van der Waals surface area contributed by atoms with Crippen LogP contribution in [-0.4, -0.2) is 20.0 Å². The highest BCUT2D eigenvalue weighted by molar-refractivity contribution is 9.10. The van der Waals surface area contributed by atoms with Gasteiger partial charge in [-0.2, -0.15) is 0 Å². The van der Waals surface area contributed by atoms with Crippen molar-refractivity contribution in [2.45, 2.75) is 26.7 Å². The molecule has 0 aromatic heterocycles. The Labute approximate surface area is 117 Å². The van der Waals surface area contributed by atoms with Crippen molar-refractivity contribution >= 4 is 22.2 Å². The minimum Gasteiger partial charge on any atom is -0.493 e. The number of hydrogen-bond donors (Lipinski definition) is 0. The molecule has 0 radical (unpaired) electrons. The molecule has 1 aromatic rings. The van der Waals surface area contributed by atoms with Crippen LogP contribution >= 0.6 is 15.9 Å². The fourth-order valence-corrected chi connectivity index (χ4v) is 2.00. The van der Waals surface area contributed by atoms with E-state index in [9.17, 15) is 4.79 Å². The summed E-state index contributed by atoms with van der Waals surface area (Å²) < 4.78 is 11.6. The Morgan fingerprint density at radius 1 is 1.33 bits per heavy atom. The van der Waals surface area contributed by atoms with E-state index in [2.05, 4.69) is 29.8 Å². The van der Waals surface area contributed by atoms with E-state index in [1.807, 2.05) is 0 Å². The summed E-state index contributed by atoms with van der Waals surface area (Å²) in [4.78, 5) is 10.9. The van der Waals surface area contributed by atoms with Crippen LogP contribution in [0.2, 0.25) is 0 Å². The third-order valence-corrected chi connectivity index (χ3v) is 3.28. The van der Waals surface area contributed by atoms with Gasteiger partial charge in [-0.25, -0.2) is 0 Å². The van der Waals surface area contributed by atoms with E-state index < -0.39 is 0 Å². The van der Waals surface area contributed by atoms with Gasteiger partial charge in [-0.3, -0.25) is 4.79 Å². The quantitative estimate of drug-likeness (QED) is 0.562. The van der Waals surface area contributed by atoms with Crippen molar-refractivity contribution in [2.75, 3.05) is 13.7 Å². The normalized spacial score (nSPS) is 10.5. The highest BCUT2D eigenvalue weighted by Crippen LogP contribution is 2.33. The summed E-state index contributed by atoms with van der Waals surface area (Å²) in [5, 5.41) is 0. The Morgan fingerprint density at radius 2 is 2.06 bits per heavy atom. The van der Waals surface area contributed by atoms with E-state index in [1.54, 1.807) is 19.2 Å². The van der Waals surface area contributed by atoms with E-state index in [0.29, 0.717) is 34.1 Å².